The fourth-order valence-electron chi connectivity index (χ4n) is 9.88. The number of hydrogen-bond donors (Lipinski definition) is 6. The molecule has 72 heavy (non-hydrogen) atoms. The van der Waals surface area contributed by atoms with E-state index in [0.29, 0.717) is 12.8 Å². The monoisotopic (exact) mass is 1050 g/mol. The molecule has 0 heterocycles. The second kappa shape index (κ2) is 48.2. The largest absolute Gasteiger partial charge is 0.472 e. The van der Waals surface area contributed by atoms with Crippen LogP contribution in [0.1, 0.15) is 303 Å². The molecule has 0 aromatic heterocycles. The van der Waals surface area contributed by atoms with E-state index in [1.807, 2.05) is 0 Å². The van der Waals surface area contributed by atoms with Crippen molar-refractivity contribution in [3.8, 4) is 0 Å². The van der Waals surface area contributed by atoms with E-state index in [4.69, 9.17) is 18.5 Å². The number of hydrogen-bond acceptors (Lipinski definition) is 12. The highest BCUT2D eigenvalue weighted by Gasteiger charge is 2.51. The summed E-state index contributed by atoms with van der Waals surface area (Å²) in [4.78, 5) is 36.0. The second-order valence-electron chi connectivity index (χ2n) is 21.6. The molecule has 8 atom stereocenters. The maximum atomic E-state index is 12.9. The molecular weight excluding hydrogens is 936 g/mol. The zero-order chi connectivity index (χ0) is 52.8. The van der Waals surface area contributed by atoms with Gasteiger partial charge in [-0.05, 0) is 12.8 Å². The zero-order valence-electron chi connectivity index (χ0n) is 46.3. The lowest BCUT2D eigenvalue weighted by atomic mass is 9.85. The molecule has 13 nitrogen and oxygen atoms in total. The minimum Gasteiger partial charge on any atom is -0.462 e. The highest BCUT2D eigenvalue weighted by molar-refractivity contribution is 7.47. The quantitative estimate of drug-likeness (QED) is 0.0191. The summed E-state index contributed by atoms with van der Waals surface area (Å²) < 4.78 is 33.8. The molecule has 0 aromatic carbocycles. The van der Waals surface area contributed by atoms with Gasteiger partial charge in [0.05, 0.1) is 6.61 Å². The van der Waals surface area contributed by atoms with Gasteiger partial charge in [0.25, 0.3) is 0 Å². The molecule has 0 radical (unpaired) electrons. The normalized spacial score (nSPS) is 20.4. The van der Waals surface area contributed by atoms with Crippen molar-refractivity contribution >= 4 is 19.8 Å². The van der Waals surface area contributed by atoms with Crippen LogP contribution < -0.4 is 0 Å². The molecule has 0 bridgehead atoms. The van der Waals surface area contributed by atoms with Gasteiger partial charge >= 0.3 is 19.8 Å². The first-order chi connectivity index (χ1) is 34.9. The zero-order valence-corrected chi connectivity index (χ0v) is 47.2. The van der Waals surface area contributed by atoms with Gasteiger partial charge in [-0.2, -0.15) is 0 Å². The number of carbonyl (C=O) groups excluding carboxylic acids is 2. The number of phosphoric acid groups is 1. The lowest BCUT2D eigenvalue weighted by Gasteiger charge is -2.41. The van der Waals surface area contributed by atoms with Crippen LogP contribution in [0.15, 0.2) is 0 Å². The van der Waals surface area contributed by atoms with Crippen LogP contribution in [0.25, 0.3) is 0 Å². The van der Waals surface area contributed by atoms with Crippen molar-refractivity contribution in [1.82, 2.24) is 0 Å². The molecule has 0 aromatic rings. The summed E-state index contributed by atoms with van der Waals surface area (Å²) >= 11 is 0. The van der Waals surface area contributed by atoms with E-state index in [-0.39, 0.29) is 12.8 Å². The minimum atomic E-state index is -5.12. The van der Waals surface area contributed by atoms with E-state index in [1.54, 1.807) is 0 Å². The molecule has 1 saturated carbocycles. The van der Waals surface area contributed by atoms with E-state index < -0.39 is 75.7 Å². The Bertz CT molecular complexity index is 1260. The van der Waals surface area contributed by atoms with Gasteiger partial charge in [-0.1, -0.05) is 277 Å². The topological polar surface area (TPSA) is 210 Å². The first kappa shape index (κ1) is 68.9. The average Bonchev–Trinajstić information content (AvgIpc) is 3.36. The number of aliphatic hydroxyl groups excluding tert-OH is 5. The van der Waals surface area contributed by atoms with E-state index in [9.17, 15) is 44.6 Å². The van der Waals surface area contributed by atoms with Crippen molar-refractivity contribution in [2.75, 3.05) is 13.2 Å². The molecule has 14 heteroatoms. The summed E-state index contributed by atoms with van der Waals surface area (Å²) in [6.45, 7) is 3.39. The molecule has 0 aliphatic heterocycles. The third-order valence-corrected chi connectivity index (χ3v) is 15.7. The Kier molecular flexibility index (Phi) is 46.1. The summed E-state index contributed by atoms with van der Waals surface area (Å²) in [6, 6.07) is 0. The molecule has 0 spiro atoms. The number of unbranched alkanes of at least 4 members (excludes halogenated alkanes) is 41. The summed E-state index contributed by atoms with van der Waals surface area (Å²) in [6.07, 6.45) is 41.5. The van der Waals surface area contributed by atoms with Crippen LogP contribution in [-0.4, -0.2) is 98.3 Å². The SMILES string of the molecule is CCCCCCCCCCCCCCCCCCCCCCCCC(=O)OC[C@@H](COP(=O)(O)OC1C(O)C(O)C(O)[C@H](O)C1O)OC(=O)CCCCCCCCCCCCCCCCCCCCCCC. The summed E-state index contributed by atoms with van der Waals surface area (Å²) in [5.74, 6) is -1.07. The highest BCUT2D eigenvalue weighted by atomic mass is 31.2. The van der Waals surface area contributed by atoms with Gasteiger partial charge in [0.1, 0.15) is 43.2 Å². The van der Waals surface area contributed by atoms with E-state index in [2.05, 4.69) is 13.8 Å². The fraction of sp³-hybridized carbons (Fsp3) is 0.966. The predicted molar refractivity (Wildman–Crippen MR) is 291 cm³/mol. The second-order valence-corrected chi connectivity index (χ2v) is 23.0. The van der Waals surface area contributed by atoms with Gasteiger partial charge in [-0.25, -0.2) is 4.57 Å². The molecule has 0 amide bonds. The Morgan fingerprint density at radius 3 is 0.917 bits per heavy atom. The number of esters is 2. The van der Waals surface area contributed by atoms with Gasteiger partial charge in [0.2, 0.25) is 0 Å². The summed E-state index contributed by atoms with van der Waals surface area (Å²) in [7, 11) is -5.12. The summed E-state index contributed by atoms with van der Waals surface area (Å²) in [5.41, 5.74) is 0. The molecule has 6 unspecified atom stereocenters. The molecule has 1 aliphatic rings. The first-order valence-corrected chi connectivity index (χ1v) is 31.8. The van der Waals surface area contributed by atoms with Crippen LogP contribution in [0.3, 0.4) is 0 Å². The molecule has 0 saturated heterocycles. The lowest BCUT2D eigenvalue weighted by molar-refractivity contribution is -0.220. The third kappa shape index (κ3) is 39.3. The number of phosphoric ester groups is 1. The molecule has 1 rings (SSSR count). The van der Waals surface area contributed by atoms with Crippen LogP contribution in [0.5, 0.6) is 0 Å². The van der Waals surface area contributed by atoms with Gasteiger partial charge in [0, 0.05) is 12.8 Å². The van der Waals surface area contributed by atoms with Crippen LogP contribution in [-0.2, 0) is 32.7 Å². The van der Waals surface area contributed by atoms with Crippen molar-refractivity contribution in [3.63, 3.8) is 0 Å². The lowest BCUT2D eigenvalue weighted by Crippen LogP contribution is -2.64. The van der Waals surface area contributed by atoms with Crippen molar-refractivity contribution in [2.24, 2.45) is 0 Å². The van der Waals surface area contributed by atoms with E-state index >= 15 is 0 Å². The van der Waals surface area contributed by atoms with Crippen molar-refractivity contribution in [1.29, 1.82) is 0 Å². The molecule has 1 aliphatic carbocycles. The van der Waals surface area contributed by atoms with Crippen LogP contribution in [0.4, 0.5) is 0 Å². The Balaban J connectivity index is 2.29. The van der Waals surface area contributed by atoms with Gasteiger partial charge in [0.15, 0.2) is 6.10 Å². The van der Waals surface area contributed by atoms with Crippen LogP contribution >= 0.6 is 7.82 Å². The molecule has 6 N–H and O–H groups in total. The van der Waals surface area contributed by atoms with Crippen molar-refractivity contribution < 1.29 is 63.1 Å². The van der Waals surface area contributed by atoms with Gasteiger partial charge < -0.3 is 39.9 Å². The molecular formula is C58H113O13P. The Morgan fingerprint density at radius 2 is 0.625 bits per heavy atom. The summed E-state index contributed by atoms with van der Waals surface area (Å²) in [5, 5.41) is 50.4. The number of ether oxygens (including phenoxy) is 2. The Hall–Kier alpha value is -1.15. The fourth-order valence-corrected chi connectivity index (χ4v) is 10.9. The maximum absolute atomic E-state index is 12.9. The predicted octanol–water partition coefficient (Wildman–Crippen LogP) is 14.4. The van der Waals surface area contributed by atoms with Gasteiger partial charge in [-0.3, -0.25) is 18.6 Å². The van der Waals surface area contributed by atoms with E-state index in [1.165, 1.54) is 225 Å². The smallest absolute Gasteiger partial charge is 0.462 e. The van der Waals surface area contributed by atoms with E-state index in [0.717, 1.165) is 38.5 Å². The number of carbonyl (C=O) groups is 2. The van der Waals surface area contributed by atoms with Crippen LogP contribution in [0, 0.1) is 0 Å². The maximum Gasteiger partial charge on any atom is 0.472 e. The molecule has 1 fully saturated rings. The third-order valence-electron chi connectivity index (χ3n) is 14.7. The standard InChI is InChI=1S/C58H113O13P/c1-3-5-7-9-11-13-15-17-19-21-23-25-27-28-30-32-34-36-38-40-42-44-46-51(59)68-48-50(49-69-72(66,67)71-58-56(64)54(62)53(61)55(63)57(58)65)70-52(60)47-45-43-41-39-37-35-33-31-29-26-24-22-20-18-16-14-12-10-8-6-4-2/h50,53-58,61-65H,3-49H2,1-2H3,(H,66,67)/t50-,53?,54-,55?,56?,57?,58?/m0/s1. The number of aliphatic hydroxyl groups is 5. The van der Waals surface area contributed by atoms with Crippen LogP contribution in [0.2, 0.25) is 0 Å². The Labute approximate surface area is 440 Å². The minimum absolute atomic E-state index is 0.106. The van der Waals surface area contributed by atoms with Gasteiger partial charge in [-0.15, -0.1) is 0 Å². The highest BCUT2D eigenvalue weighted by Crippen LogP contribution is 2.47. The number of rotatable bonds is 53. The Morgan fingerprint density at radius 1 is 0.375 bits per heavy atom. The first-order valence-electron chi connectivity index (χ1n) is 30.3. The van der Waals surface area contributed by atoms with Crippen molar-refractivity contribution in [3.05, 3.63) is 0 Å². The van der Waals surface area contributed by atoms with Crippen molar-refractivity contribution in [2.45, 2.75) is 346 Å². The average molecular weight is 1050 g/mol. The molecule has 428 valence electrons.